The van der Waals surface area contributed by atoms with Crippen molar-refractivity contribution >= 4 is 23.7 Å². The van der Waals surface area contributed by atoms with Crippen LogP contribution in [0.1, 0.15) is 117 Å². The molecule has 1 atom stereocenters. The van der Waals surface area contributed by atoms with Gasteiger partial charge in [0.1, 0.15) is 6.04 Å². The molecule has 0 aromatic rings. The quantitative estimate of drug-likeness (QED) is 0.101. The van der Waals surface area contributed by atoms with E-state index in [1.807, 2.05) is 0 Å². The minimum atomic E-state index is -0.653. The number of rotatable bonds is 21. The van der Waals surface area contributed by atoms with E-state index in [2.05, 4.69) is 6.92 Å². The van der Waals surface area contributed by atoms with Crippen LogP contribution in [0.4, 0.5) is 4.79 Å². The minimum Gasteiger partial charge on any atom is -0.464 e. The second kappa shape index (κ2) is 22.2. The van der Waals surface area contributed by atoms with E-state index >= 15 is 0 Å². The molecular formula is C25H48ClNO4. The van der Waals surface area contributed by atoms with E-state index in [4.69, 9.17) is 21.1 Å². The number of halogens is 1. The van der Waals surface area contributed by atoms with Crippen molar-refractivity contribution < 1.29 is 19.1 Å². The lowest BCUT2D eigenvalue weighted by Crippen LogP contribution is -2.41. The van der Waals surface area contributed by atoms with Gasteiger partial charge < -0.3 is 9.47 Å². The molecule has 1 amide bonds. The van der Waals surface area contributed by atoms with Gasteiger partial charge in [-0.05, 0) is 19.8 Å². The summed E-state index contributed by atoms with van der Waals surface area (Å²) in [5.74, 6) is 0.0514. The molecule has 0 saturated heterocycles. The van der Waals surface area contributed by atoms with Crippen molar-refractivity contribution in [2.45, 2.75) is 123 Å². The van der Waals surface area contributed by atoms with Crippen LogP contribution >= 0.6 is 11.6 Å². The molecule has 0 aromatic carbocycles. The molecule has 0 aromatic heterocycles. The van der Waals surface area contributed by atoms with Crippen LogP contribution in [0.5, 0.6) is 0 Å². The maximum atomic E-state index is 12.1. The van der Waals surface area contributed by atoms with Crippen LogP contribution in [0.15, 0.2) is 0 Å². The fraction of sp³-hybridized carbons (Fsp3) is 0.920. The molecule has 0 aliphatic heterocycles. The number of ether oxygens (including phenoxy) is 2. The van der Waals surface area contributed by atoms with E-state index in [0.29, 0.717) is 18.9 Å². The van der Waals surface area contributed by atoms with Crippen LogP contribution in [0.3, 0.4) is 0 Å². The second-order valence-electron chi connectivity index (χ2n) is 8.56. The molecule has 0 N–H and O–H groups in total. The smallest absolute Gasteiger partial charge is 0.410 e. The normalized spacial score (nSPS) is 11.9. The summed E-state index contributed by atoms with van der Waals surface area (Å²) in [4.78, 5) is 25.2. The number of hydrogen-bond acceptors (Lipinski definition) is 4. The highest BCUT2D eigenvalue weighted by atomic mass is 35.5. The van der Waals surface area contributed by atoms with E-state index in [-0.39, 0.29) is 12.6 Å². The van der Waals surface area contributed by atoms with Gasteiger partial charge in [0.2, 0.25) is 0 Å². The Kier molecular flexibility index (Phi) is 21.5. The number of esters is 1. The standard InChI is InChI=1S/C25H48ClNO4/c1-4-5-6-7-8-9-10-11-12-13-14-15-16-17-18-21-30-24(28)23(2)27(3)25(29)31-22-19-20-26/h23H,4-22H2,1-3H3. The third-order valence-electron chi connectivity index (χ3n) is 5.71. The Balaban J connectivity index is 3.47. The Morgan fingerprint density at radius 1 is 0.710 bits per heavy atom. The lowest BCUT2D eigenvalue weighted by Gasteiger charge is -2.22. The number of alkyl halides is 1. The first-order chi connectivity index (χ1) is 15.0. The van der Waals surface area contributed by atoms with E-state index in [1.165, 1.54) is 88.4 Å². The van der Waals surface area contributed by atoms with Crippen molar-refractivity contribution in [2.75, 3.05) is 26.1 Å². The molecule has 31 heavy (non-hydrogen) atoms. The molecule has 0 fully saturated rings. The Morgan fingerprint density at radius 3 is 1.58 bits per heavy atom. The van der Waals surface area contributed by atoms with Crippen LogP contribution in [0.2, 0.25) is 0 Å². The lowest BCUT2D eigenvalue weighted by molar-refractivity contribution is -0.148. The summed E-state index contributed by atoms with van der Waals surface area (Å²) in [6.07, 6.45) is 19.7. The van der Waals surface area contributed by atoms with Gasteiger partial charge in [-0.2, -0.15) is 0 Å². The highest BCUT2D eigenvalue weighted by molar-refractivity contribution is 6.17. The SMILES string of the molecule is CCCCCCCCCCCCCCCCCOC(=O)C(C)N(C)C(=O)OCCCCl. The van der Waals surface area contributed by atoms with Gasteiger partial charge in [0.05, 0.1) is 13.2 Å². The average molecular weight is 462 g/mol. The molecule has 0 aliphatic carbocycles. The number of nitrogens with zero attached hydrogens (tertiary/aromatic N) is 1. The third kappa shape index (κ3) is 18.3. The molecular weight excluding hydrogens is 414 g/mol. The summed E-state index contributed by atoms with van der Waals surface area (Å²) < 4.78 is 10.3. The van der Waals surface area contributed by atoms with Crippen LogP contribution in [-0.2, 0) is 14.3 Å². The third-order valence-corrected chi connectivity index (χ3v) is 5.97. The van der Waals surface area contributed by atoms with Crippen LogP contribution in [0.25, 0.3) is 0 Å². The van der Waals surface area contributed by atoms with Gasteiger partial charge in [-0.1, -0.05) is 96.8 Å². The zero-order valence-corrected chi connectivity index (χ0v) is 21.2. The fourth-order valence-corrected chi connectivity index (χ4v) is 3.51. The molecule has 0 radical (unpaired) electrons. The van der Waals surface area contributed by atoms with E-state index < -0.39 is 12.1 Å². The summed E-state index contributed by atoms with van der Waals surface area (Å²) in [6, 6.07) is -0.653. The Morgan fingerprint density at radius 2 is 1.13 bits per heavy atom. The number of carbonyl (C=O) groups excluding carboxylic acids is 2. The van der Waals surface area contributed by atoms with Gasteiger partial charge in [-0.3, -0.25) is 4.90 Å². The van der Waals surface area contributed by atoms with Gasteiger partial charge in [0.25, 0.3) is 0 Å². The van der Waals surface area contributed by atoms with Gasteiger partial charge in [0.15, 0.2) is 0 Å². The lowest BCUT2D eigenvalue weighted by atomic mass is 10.0. The first-order valence-electron chi connectivity index (χ1n) is 12.7. The predicted molar refractivity (Wildman–Crippen MR) is 130 cm³/mol. The van der Waals surface area contributed by atoms with E-state index in [1.54, 1.807) is 14.0 Å². The van der Waals surface area contributed by atoms with Crippen LogP contribution in [-0.4, -0.2) is 49.1 Å². The maximum Gasteiger partial charge on any atom is 0.410 e. The number of unbranched alkanes of at least 4 members (excludes halogenated alkanes) is 14. The van der Waals surface area contributed by atoms with E-state index in [0.717, 1.165) is 12.8 Å². The number of hydrogen-bond donors (Lipinski definition) is 0. The van der Waals surface area contributed by atoms with Gasteiger partial charge in [0, 0.05) is 12.9 Å². The van der Waals surface area contributed by atoms with Crippen molar-refractivity contribution in [2.24, 2.45) is 0 Å². The Labute approximate surface area is 196 Å². The Bertz CT molecular complexity index is 434. The largest absolute Gasteiger partial charge is 0.464 e. The number of amides is 1. The zero-order valence-electron chi connectivity index (χ0n) is 20.5. The molecule has 0 rings (SSSR count). The molecule has 0 bridgehead atoms. The monoisotopic (exact) mass is 461 g/mol. The number of likely N-dealkylation sites (N-methyl/N-ethyl adjacent to an activating group) is 1. The summed E-state index contributed by atoms with van der Waals surface area (Å²) in [6.45, 7) is 4.59. The van der Waals surface area contributed by atoms with Crippen LogP contribution in [0, 0.1) is 0 Å². The molecule has 5 nitrogen and oxygen atoms in total. The Hall–Kier alpha value is -0.970. The zero-order chi connectivity index (χ0) is 23.2. The first-order valence-corrected chi connectivity index (χ1v) is 13.2. The molecule has 0 heterocycles. The summed E-state index contributed by atoms with van der Waals surface area (Å²) in [5.41, 5.74) is 0. The molecule has 184 valence electrons. The molecule has 0 saturated carbocycles. The maximum absolute atomic E-state index is 12.1. The van der Waals surface area contributed by atoms with E-state index in [9.17, 15) is 9.59 Å². The predicted octanol–water partition coefficient (Wildman–Crippen LogP) is 7.49. The molecule has 6 heteroatoms. The topological polar surface area (TPSA) is 55.8 Å². The van der Waals surface area contributed by atoms with Gasteiger partial charge in [-0.25, -0.2) is 9.59 Å². The van der Waals surface area contributed by atoms with Crippen molar-refractivity contribution in [3.63, 3.8) is 0 Å². The van der Waals surface area contributed by atoms with Crippen molar-refractivity contribution in [1.29, 1.82) is 0 Å². The van der Waals surface area contributed by atoms with Crippen LogP contribution < -0.4 is 0 Å². The summed E-state index contributed by atoms with van der Waals surface area (Å²) in [5, 5.41) is 0. The molecule has 0 aliphatic rings. The van der Waals surface area contributed by atoms with Crippen molar-refractivity contribution in [3.8, 4) is 0 Å². The summed E-state index contributed by atoms with van der Waals surface area (Å²) >= 11 is 5.56. The van der Waals surface area contributed by atoms with Crippen molar-refractivity contribution in [1.82, 2.24) is 4.90 Å². The van der Waals surface area contributed by atoms with Gasteiger partial charge >= 0.3 is 12.1 Å². The summed E-state index contributed by atoms with van der Waals surface area (Å²) in [7, 11) is 1.54. The minimum absolute atomic E-state index is 0.258. The van der Waals surface area contributed by atoms with Gasteiger partial charge in [-0.15, -0.1) is 11.6 Å². The fourth-order valence-electron chi connectivity index (χ4n) is 3.40. The molecule has 0 spiro atoms. The van der Waals surface area contributed by atoms with Crippen molar-refractivity contribution in [3.05, 3.63) is 0 Å². The molecule has 1 unspecified atom stereocenters. The highest BCUT2D eigenvalue weighted by Crippen LogP contribution is 2.13. The number of carbonyl (C=O) groups is 2. The average Bonchev–Trinajstić information content (AvgIpc) is 2.77. The highest BCUT2D eigenvalue weighted by Gasteiger charge is 2.24. The first kappa shape index (κ1) is 30.0. The second-order valence-corrected chi connectivity index (χ2v) is 8.94.